The van der Waals surface area contributed by atoms with E-state index in [1.54, 1.807) is 30.3 Å². The van der Waals surface area contributed by atoms with Crippen molar-refractivity contribution in [1.29, 1.82) is 0 Å². The van der Waals surface area contributed by atoms with Crippen LogP contribution in [0.5, 0.6) is 11.5 Å². The first-order chi connectivity index (χ1) is 8.97. The van der Waals surface area contributed by atoms with Gasteiger partial charge in [-0.1, -0.05) is 17.7 Å². The van der Waals surface area contributed by atoms with Gasteiger partial charge in [-0.15, -0.1) is 0 Å². The second-order valence-corrected chi connectivity index (χ2v) is 4.75. The topological polar surface area (TPSA) is 52.3 Å². The van der Waals surface area contributed by atoms with Gasteiger partial charge < -0.3 is 10.5 Å². The van der Waals surface area contributed by atoms with Crippen LogP contribution >= 0.6 is 11.6 Å². The van der Waals surface area contributed by atoms with Gasteiger partial charge in [0.2, 0.25) is 0 Å². The van der Waals surface area contributed by atoms with Crippen molar-refractivity contribution in [2.24, 2.45) is 0 Å². The van der Waals surface area contributed by atoms with Gasteiger partial charge in [-0.2, -0.15) is 0 Å². The molecule has 2 aromatic rings. The first-order valence-corrected chi connectivity index (χ1v) is 6.19. The number of carbonyl (C=O) groups is 1. The molecule has 0 unspecified atom stereocenters. The molecular weight excluding hydrogens is 262 g/mol. The summed E-state index contributed by atoms with van der Waals surface area (Å²) in [6, 6.07) is 10.4. The molecule has 0 saturated heterocycles. The summed E-state index contributed by atoms with van der Waals surface area (Å²) in [5, 5.41) is 0.605. The normalized spacial score (nSPS) is 10.3. The van der Waals surface area contributed by atoms with Gasteiger partial charge in [0.1, 0.15) is 11.5 Å². The zero-order chi connectivity index (χ0) is 14.0. The van der Waals surface area contributed by atoms with E-state index < -0.39 is 0 Å². The molecule has 98 valence electrons. The zero-order valence-corrected chi connectivity index (χ0v) is 11.5. The lowest BCUT2D eigenvalue weighted by Crippen LogP contribution is -1.99. The number of nitrogens with two attached hydrogens (primary N) is 1. The maximum Gasteiger partial charge on any atom is 0.161 e. The lowest BCUT2D eigenvalue weighted by molar-refractivity contribution is 0.101. The number of hydrogen-bond acceptors (Lipinski definition) is 3. The van der Waals surface area contributed by atoms with Gasteiger partial charge in [-0.25, -0.2) is 0 Å². The lowest BCUT2D eigenvalue weighted by Gasteiger charge is -2.10. The fourth-order valence-corrected chi connectivity index (χ4v) is 1.90. The van der Waals surface area contributed by atoms with E-state index in [9.17, 15) is 4.79 Å². The molecular formula is C15H14ClNO2. The maximum atomic E-state index is 11.3. The average Bonchev–Trinajstić information content (AvgIpc) is 2.33. The van der Waals surface area contributed by atoms with Crippen molar-refractivity contribution in [2.45, 2.75) is 13.8 Å². The van der Waals surface area contributed by atoms with Gasteiger partial charge in [0.25, 0.3) is 0 Å². The van der Waals surface area contributed by atoms with Gasteiger partial charge in [0, 0.05) is 22.3 Å². The third kappa shape index (κ3) is 3.06. The van der Waals surface area contributed by atoms with Crippen molar-refractivity contribution in [2.75, 3.05) is 5.73 Å². The fourth-order valence-electron chi connectivity index (χ4n) is 1.74. The van der Waals surface area contributed by atoms with E-state index in [1.165, 1.54) is 6.92 Å². The van der Waals surface area contributed by atoms with Crippen LogP contribution in [0.25, 0.3) is 0 Å². The summed E-state index contributed by atoms with van der Waals surface area (Å²) in [6.07, 6.45) is 0. The predicted octanol–water partition coefficient (Wildman–Crippen LogP) is 4.23. The standard InChI is InChI=1S/C15H14ClNO2/c1-9-3-4-11(16)7-15(9)19-12-5-6-13(10(2)18)14(17)8-12/h3-8H,17H2,1-2H3. The minimum atomic E-state index is -0.0667. The predicted molar refractivity (Wildman–Crippen MR) is 77.1 cm³/mol. The van der Waals surface area contributed by atoms with Crippen LogP contribution < -0.4 is 10.5 Å². The van der Waals surface area contributed by atoms with E-state index in [2.05, 4.69) is 0 Å². The van der Waals surface area contributed by atoms with E-state index in [-0.39, 0.29) is 5.78 Å². The number of anilines is 1. The molecule has 19 heavy (non-hydrogen) atoms. The molecule has 0 spiro atoms. The van der Waals surface area contributed by atoms with Gasteiger partial charge in [-0.05, 0) is 43.7 Å². The smallest absolute Gasteiger partial charge is 0.161 e. The minimum Gasteiger partial charge on any atom is -0.457 e. The molecule has 0 heterocycles. The Bertz CT molecular complexity index is 638. The lowest BCUT2D eigenvalue weighted by atomic mass is 10.1. The van der Waals surface area contributed by atoms with Crippen molar-refractivity contribution in [3.63, 3.8) is 0 Å². The Hall–Kier alpha value is -2.00. The summed E-state index contributed by atoms with van der Waals surface area (Å²) < 4.78 is 5.73. The fraction of sp³-hybridized carbons (Fsp3) is 0.133. The van der Waals surface area contributed by atoms with Gasteiger partial charge in [0.15, 0.2) is 5.78 Å². The number of nitrogen functional groups attached to an aromatic ring is 1. The molecule has 2 rings (SSSR count). The van der Waals surface area contributed by atoms with Crippen LogP contribution in [-0.4, -0.2) is 5.78 Å². The van der Waals surface area contributed by atoms with Gasteiger partial charge in [0.05, 0.1) is 0 Å². The molecule has 2 aromatic carbocycles. The molecule has 0 aliphatic rings. The molecule has 0 amide bonds. The number of hydrogen-bond donors (Lipinski definition) is 1. The molecule has 0 aromatic heterocycles. The number of ketones is 1. The SMILES string of the molecule is CC(=O)c1ccc(Oc2cc(Cl)ccc2C)cc1N. The van der Waals surface area contributed by atoms with Gasteiger partial charge in [-0.3, -0.25) is 4.79 Å². The number of halogens is 1. The van der Waals surface area contributed by atoms with Crippen LogP contribution in [0, 0.1) is 6.92 Å². The van der Waals surface area contributed by atoms with E-state index in [4.69, 9.17) is 22.1 Å². The molecule has 0 saturated carbocycles. The minimum absolute atomic E-state index is 0.0667. The summed E-state index contributed by atoms with van der Waals surface area (Å²) in [5.41, 5.74) is 7.69. The van der Waals surface area contributed by atoms with Crippen molar-refractivity contribution >= 4 is 23.1 Å². The van der Waals surface area contributed by atoms with Crippen molar-refractivity contribution in [1.82, 2.24) is 0 Å². The Labute approximate surface area is 117 Å². The van der Waals surface area contributed by atoms with Crippen LogP contribution in [0.1, 0.15) is 22.8 Å². The van der Waals surface area contributed by atoms with Crippen molar-refractivity contribution in [3.8, 4) is 11.5 Å². The molecule has 0 radical (unpaired) electrons. The van der Waals surface area contributed by atoms with Crippen LogP contribution in [-0.2, 0) is 0 Å². The zero-order valence-electron chi connectivity index (χ0n) is 10.7. The Morgan fingerprint density at radius 1 is 1.21 bits per heavy atom. The average molecular weight is 276 g/mol. The van der Waals surface area contributed by atoms with Crippen LogP contribution in [0.2, 0.25) is 5.02 Å². The largest absolute Gasteiger partial charge is 0.457 e. The number of rotatable bonds is 3. The third-order valence-electron chi connectivity index (χ3n) is 2.78. The summed E-state index contributed by atoms with van der Waals surface area (Å²) in [7, 11) is 0. The van der Waals surface area contributed by atoms with Crippen molar-refractivity contribution < 1.29 is 9.53 Å². The second-order valence-electron chi connectivity index (χ2n) is 4.32. The summed E-state index contributed by atoms with van der Waals surface area (Å²) in [6.45, 7) is 3.41. The van der Waals surface area contributed by atoms with E-state index >= 15 is 0 Å². The molecule has 0 bridgehead atoms. The summed E-state index contributed by atoms with van der Waals surface area (Å²) in [5.74, 6) is 1.18. The highest BCUT2D eigenvalue weighted by atomic mass is 35.5. The molecule has 0 atom stereocenters. The van der Waals surface area contributed by atoms with Crippen LogP contribution in [0.4, 0.5) is 5.69 Å². The maximum absolute atomic E-state index is 11.3. The molecule has 2 N–H and O–H groups in total. The number of ether oxygens (including phenoxy) is 1. The first kappa shape index (κ1) is 13.4. The van der Waals surface area contributed by atoms with Crippen LogP contribution in [0.3, 0.4) is 0 Å². The number of aryl methyl sites for hydroxylation is 1. The number of carbonyl (C=O) groups excluding carboxylic acids is 1. The highest BCUT2D eigenvalue weighted by molar-refractivity contribution is 6.30. The second kappa shape index (κ2) is 5.33. The third-order valence-corrected chi connectivity index (χ3v) is 3.02. The number of Topliss-reactive ketones (excluding diaryl/α,β-unsaturated/α-hetero) is 1. The molecule has 0 fully saturated rings. The highest BCUT2D eigenvalue weighted by Gasteiger charge is 2.08. The number of benzene rings is 2. The van der Waals surface area contributed by atoms with Gasteiger partial charge >= 0.3 is 0 Å². The monoisotopic (exact) mass is 275 g/mol. The Morgan fingerprint density at radius 2 is 1.95 bits per heavy atom. The van der Waals surface area contributed by atoms with Crippen molar-refractivity contribution in [3.05, 3.63) is 52.5 Å². The molecule has 4 heteroatoms. The Morgan fingerprint density at radius 3 is 2.58 bits per heavy atom. The van der Waals surface area contributed by atoms with Crippen LogP contribution in [0.15, 0.2) is 36.4 Å². The highest BCUT2D eigenvalue weighted by Crippen LogP contribution is 2.29. The molecule has 3 nitrogen and oxygen atoms in total. The Kier molecular flexibility index (Phi) is 3.76. The van der Waals surface area contributed by atoms with E-state index in [0.29, 0.717) is 27.8 Å². The summed E-state index contributed by atoms with van der Waals surface area (Å²) in [4.78, 5) is 11.3. The quantitative estimate of drug-likeness (QED) is 0.674. The first-order valence-electron chi connectivity index (χ1n) is 5.82. The molecule has 0 aliphatic heterocycles. The Balaban J connectivity index is 2.31. The van der Waals surface area contributed by atoms with E-state index in [0.717, 1.165) is 5.56 Å². The molecule has 0 aliphatic carbocycles. The van der Waals surface area contributed by atoms with E-state index in [1.807, 2.05) is 13.0 Å². The summed E-state index contributed by atoms with van der Waals surface area (Å²) >= 11 is 5.93.